The quantitative estimate of drug-likeness (QED) is 0.606. The molecule has 3 aliphatic heterocycles. The van der Waals surface area contributed by atoms with Gasteiger partial charge in [-0.05, 0) is 55.6 Å². The molecule has 2 N–H and O–H groups in total. The molecule has 0 spiro atoms. The third-order valence-electron chi connectivity index (χ3n) is 6.79. The molecule has 0 saturated carbocycles. The molecule has 0 aromatic heterocycles. The van der Waals surface area contributed by atoms with E-state index in [2.05, 4.69) is 34.5 Å². The van der Waals surface area contributed by atoms with Crippen molar-refractivity contribution in [1.82, 2.24) is 15.1 Å². The zero-order chi connectivity index (χ0) is 22.6. The molecule has 1 atom stereocenters. The molecule has 0 radical (unpaired) electrons. The van der Waals surface area contributed by atoms with Gasteiger partial charge in [-0.15, -0.1) is 24.8 Å². The summed E-state index contributed by atoms with van der Waals surface area (Å²) >= 11 is 0. The van der Waals surface area contributed by atoms with Crippen molar-refractivity contribution in [3.63, 3.8) is 0 Å². The molecule has 35 heavy (non-hydrogen) atoms. The molecule has 1 saturated heterocycles. The minimum Gasteiger partial charge on any atom is -0.491 e. The van der Waals surface area contributed by atoms with Gasteiger partial charge in [0.05, 0.1) is 18.2 Å². The molecule has 0 bridgehead atoms. The van der Waals surface area contributed by atoms with Crippen molar-refractivity contribution in [3.8, 4) is 11.5 Å². The van der Waals surface area contributed by atoms with E-state index in [1.807, 2.05) is 12.1 Å². The van der Waals surface area contributed by atoms with Crippen LogP contribution in [0.5, 0.6) is 11.5 Å². The van der Waals surface area contributed by atoms with Crippen molar-refractivity contribution >= 4 is 30.7 Å². The first-order valence-electron chi connectivity index (χ1n) is 12.1. The average molecular weight is 524 g/mol. The Morgan fingerprint density at radius 2 is 1.83 bits per heavy atom. The second kappa shape index (κ2) is 12.8. The number of β-amino-alcohol motifs (C(OH)–C–C–N with tert-alkyl or cyclic N) is 1. The van der Waals surface area contributed by atoms with E-state index >= 15 is 0 Å². The fourth-order valence-electron chi connectivity index (χ4n) is 5.01. The van der Waals surface area contributed by atoms with Crippen LogP contribution in [0.3, 0.4) is 0 Å². The van der Waals surface area contributed by atoms with Gasteiger partial charge in [-0.1, -0.05) is 24.3 Å². The van der Waals surface area contributed by atoms with Crippen molar-refractivity contribution in [2.75, 3.05) is 45.9 Å². The lowest BCUT2D eigenvalue weighted by Crippen LogP contribution is -2.44. The zero-order valence-electron chi connectivity index (χ0n) is 19.9. The van der Waals surface area contributed by atoms with E-state index in [4.69, 9.17) is 9.47 Å². The molecule has 3 heterocycles. The van der Waals surface area contributed by atoms with E-state index in [9.17, 15) is 9.90 Å². The van der Waals surface area contributed by atoms with E-state index in [0.29, 0.717) is 37.6 Å². The first kappa shape index (κ1) is 27.6. The number of aliphatic hydroxyl groups is 1. The number of ether oxygens (including phenoxy) is 2. The van der Waals surface area contributed by atoms with Gasteiger partial charge in [0.2, 0.25) is 0 Å². The SMILES string of the molecule is Cl.Cl.O=C1c2ccc(OC3CCNCC3)cc2OCCN1CC(O)CN1CCc2ccccc2C1. The maximum atomic E-state index is 13.2. The lowest BCUT2D eigenvalue weighted by molar-refractivity contribution is 0.0501. The van der Waals surface area contributed by atoms with Gasteiger partial charge in [-0.2, -0.15) is 0 Å². The maximum absolute atomic E-state index is 13.2. The number of nitrogens with one attached hydrogen (secondary N) is 1. The number of nitrogens with zero attached hydrogens (tertiary/aromatic N) is 2. The van der Waals surface area contributed by atoms with Gasteiger partial charge in [0, 0.05) is 32.2 Å². The van der Waals surface area contributed by atoms with E-state index in [-0.39, 0.29) is 36.8 Å². The number of fused-ring (bicyclic) bond motifs is 2. The number of carbonyl (C=O) groups is 1. The minimum absolute atomic E-state index is 0. The van der Waals surface area contributed by atoms with E-state index in [1.54, 1.807) is 11.0 Å². The number of amides is 1. The number of carbonyl (C=O) groups excluding carboxylic acids is 1. The summed E-state index contributed by atoms with van der Waals surface area (Å²) in [5.41, 5.74) is 3.25. The van der Waals surface area contributed by atoms with Crippen LogP contribution in [0.2, 0.25) is 0 Å². The molecule has 1 unspecified atom stereocenters. The average Bonchev–Trinajstić information content (AvgIpc) is 2.98. The predicted molar refractivity (Wildman–Crippen MR) is 140 cm³/mol. The summed E-state index contributed by atoms with van der Waals surface area (Å²) in [5, 5.41) is 14.1. The highest BCUT2D eigenvalue weighted by atomic mass is 35.5. The zero-order valence-corrected chi connectivity index (χ0v) is 21.5. The molecule has 2 aromatic rings. The highest BCUT2D eigenvalue weighted by Crippen LogP contribution is 2.29. The summed E-state index contributed by atoms with van der Waals surface area (Å²) in [6.45, 7) is 5.40. The van der Waals surface area contributed by atoms with Crippen LogP contribution in [0.25, 0.3) is 0 Å². The second-order valence-electron chi connectivity index (χ2n) is 9.23. The number of aliphatic hydroxyl groups excluding tert-OH is 1. The van der Waals surface area contributed by atoms with Crippen molar-refractivity contribution in [2.24, 2.45) is 0 Å². The fraction of sp³-hybridized carbons (Fsp3) is 0.500. The molecule has 9 heteroatoms. The van der Waals surface area contributed by atoms with Gasteiger partial charge in [-0.25, -0.2) is 0 Å². The molecule has 192 valence electrons. The van der Waals surface area contributed by atoms with E-state index in [0.717, 1.165) is 51.2 Å². The monoisotopic (exact) mass is 523 g/mol. The summed E-state index contributed by atoms with van der Waals surface area (Å²) in [4.78, 5) is 17.2. The van der Waals surface area contributed by atoms with Gasteiger partial charge >= 0.3 is 0 Å². The highest BCUT2D eigenvalue weighted by molar-refractivity contribution is 5.97. The van der Waals surface area contributed by atoms with Crippen LogP contribution in [0.1, 0.15) is 34.3 Å². The molecule has 5 rings (SSSR count). The Labute approximate surface area is 219 Å². The lowest BCUT2D eigenvalue weighted by atomic mass is 10.00. The number of piperidine rings is 1. The Kier molecular flexibility index (Phi) is 10.1. The number of hydrogen-bond acceptors (Lipinski definition) is 6. The lowest BCUT2D eigenvalue weighted by Gasteiger charge is -2.32. The molecule has 1 fully saturated rings. The highest BCUT2D eigenvalue weighted by Gasteiger charge is 2.27. The standard InChI is InChI=1S/C26H33N3O4.2ClH/c30-21(17-28-12-9-19-3-1-2-4-20(19)16-28)18-29-13-14-32-25-15-23(5-6-24(25)26(29)31)33-22-7-10-27-11-8-22;;/h1-6,15,21-22,27,30H,7-14,16-18H2;2*1H. The third kappa shape index (κ3) is 6.80. The first-order valence-corrected chi connectivity index (χ1v) is 12.1. The summed E-state index contributed by atoms with van der Waals surface area (Å²) in [7, 11) is 0. The Balaban J connectivity index is 0.00000171. The molecule has 1 amide bonds. The van der Waals surface area contributed by atoms with Crippen LogP contribution in [-0.2, 0) is 13.0 Å². The van der Waals surface area contributed by atoms with Gasteiger partial charge < -0.3 is 24.8 Å². The van der Waals surface area contributed by atoms with Gasteiger partial charge in [0.15, 0.2) is 0 Å². The summed E-state index contributed by atoms with van der Waals surface area (Å²) in [5.74, 6) is 1.21. The van der Waals surface area contributed by atoms with Crippen molar-refractivity contribution in [2.45, 2.75) is 38.0 Å². The van der Waals surface area contributed by atoms with E-state index in [1.165, 1.54) is 11.1 Å². The Bertz CT molecular complexity index is 987. The molecule has 2 aromatic carbocycles. The maximum Gasteiger partial charge on any atom is 0.257 e. The first-order chi connectivity index (χ1) is 16.2. The molecule has 3 aliphatic rings. The normalized spacial score (nSPS) is 19.2. The van der Waals surface area contributed by atoms with Gasteiger partial charge in [0.25, 0.3) is 5.91 Å². The van der Waals surface area contributed by atoms with Crippen LogP contribution >= 0.6 is 24.8 Å². The van der Waals surface area contributed by atoms with Crippen molar-refractivity contribution < 1.29 is 19.4 Å². The number of benzene rings is 2. The van der Waals surface area contributed by atoms with Gasteiger partial charge in [-0.3, -0.25) is 9.69 Å². The Hall–Kier alpha value is -2.03. The van der Waals surface area contributed by atoms with Gasteiger partial charge in [0.1, 0.15) is 24.2 Å². The van der Waals surface area contributed by atoms with Crippen LogP contribution in [0, 0.1) is 0 Å². The molecule has 7 nitrogen and oxygen atoms in total. The summed E-state index contributed by atoms with van der Waals surface area (Å²) in [6.07, 6.45) is 2.53. The second-order valence-corrected chi connectivity index (χ2v) is 9.23. The predicted octanol–water partition coefficient (Wildman–Crippen LogP) is 2.91. The fourth-order valence-corrected chi connectivity index (χ4v) is 5.01. The number of hydrogen-bond donors (Lipinski definition) is 2. The minimum atomic E-state index is -0.608. The smallest absolute Gasteiger partial charge is 0.257 e. The van der Waals surface area contributed by atoms with Crippen molar-refractivity contribution in [1.29, 1.82) is 0 Å². The third-order valence-corrected chi connectivity index (χ3v) is 6.79. The largest absolute Gasteiger partial charge is 0.491 e. The van der Waals surface area contributed by atoms with E-state index < -0.39 is 6.10 Å². The Morgan fingerprint density at radius 1 is 1.06 bits per heavy atom. The number of halogens is 2. The topological polar surface area (TPSA) is 74.3 Å². The Morgan fingerprint density at radius 3 is 2.63 bits per heavy atom. The van der Waals surface area contributed by atoms with Crippen LogP contribution in [-0.4, -0.2) is 78.9 Å². The van der Waals surface area contributed by atoms with Crippen molar-refractivity contribution in [3.05, 3.63) is 59.2 Å². The van der Waals surface area contributed by atoms with Crippen LogP contribution in [0.15, 0.2) is 42.5 Å². The molecular formula is C26H35Cl2N3O4. The summed E-state index contributed by atoms with van der Waals surface area (Å²) in [6, 6.07) is 14.0. The van der Waals surface area contributed by atoms with Crippen LogP contribution in [0.4, 0.5) is 0 Å². The molecular weight excluding hydrogens is 489 g/mol. The van der Waals surface area contributed by atoms with Crippen LogP contribution < -0.4 is 14.8 Å². The summed E-state index contributed by atoms with van der Waals surface area (Å²) < 4.78 is 12.0. The molecule has 0 aliphatic carbocycles. The number of rotatable bonds is 6.